The van der Waals surface area contributed by atoms with Gasteiger partial charge in [0.15, 0.2) is 0 Å². The van der Waals surface area contributed by atoms with Gasteiger partial charge < -0.3 is 25.2 Å². The molecule has 2 amide bonds. The fourth-order valence-electron chi connectivity index (χ4n) is 3.02. The second-order valence-corrected chi connectivity index (χ2v) is 6.16. The Morgan fingerprint density at radius 2 is 2.12 bits per heavy atom. The molecule has 2 aliphatic heterocycles. The molecule has 1 aromatic heterocycles. The summed E-state index contributed by atoms with van der Waals surface area (Å²) in [5.74, 6) is 0.867. The average Bonchev–Trinajstić information content (AvgIpc) is 2.69. The maximum Gasteiger partial charge on any atom is 0.250 e. The fraction of sp³-hybridized carbons (Fsp3) is 0.588. The second kappa shape index (κ2) is 8.77. The van der Waals surface area contributed by atoms with Crippen LogP contribution in [0.3, 0.4) is 0 Å². The largest absolute Gasteiger partial charge is 0.366 e. The molecule has 0 radical (unpaired) electrons. The van der Waals surface area contributed by atoms with E-state index < -0.39 is 6.10 Å². The number of aromatic nitrogens is 1. The molecular weight excluding hydrogens is 322 g/mol. The summed E-state index contributed by atoms with van der Waals surface area (Å²) < 4.78 is 5.39. The molecule has 2 saturated heterocycles. The molecule has 0 saturated carbocycles. The van der Waals surface area contributed by atoms with Crippen LogP contribution in [-0.2, 0) is 14.3 Å². The number of hydrogen-bond donors (Lipinski definition) is 2. The van der Waals surface area contributed by atoms with Gasteiger partial charge in [-0.3, -0.25) is 9.59 Å². The van der Waals surface area contributed by atoms with Crippen molar-refractivity contribution in [3.05, 3.63) is 24.4 Å². The number of nitrogens with one attached hydrogen (secondary N) is 2. The van der Waals surface area contributed by atoms with E-state index in [-0.39, 0.29) is 11.8 Å². The Morgan fingerprint density at radius 3 is 2.80 bits per heavy atom. The maximum absolute atomic E-state index is 12.3. The van der Waals surface area contributed by atoms with E-state index in [4.69, 9.17) is 4.74 Å². The van der Waals surface area contributed by atoms with E-state index in [1.807, 2.05) is 23.1 Å². The van der Waals surface area contributed by atoms with E-state index >= 15 is 0 Å². The van der Waals surface area contributed by atoms with Crippen LogP contribution < -0.4 is 15.5 Å². The summed E-state index contributed by atoms with van der Waals surface area (Å²) in [5, 5.41) is 5.90. The van der Waals surface area contributed by atoms with Gasteiger partial charge in [-0.25, -0.2) is 4.98 Å². The van der Waals surface area contributed by atoms with E-state index in [1.165, 1.54) is 0 Å². The first-order chi connectivity index (χ1) is 12.2. The predicted octanol–water partition coefficient (Wildman–Crippen LogP) is -0.775. The van der Waals surface area contributed by atoms with Gasteiger partial charge in [0.05, 0.1) is 6.61 Å². The minimum atomic E-state index is -0.453. The van der Waals surface area contributed by atoms with Crippen molar-refractivity contribution in [3.8, 4) is 0 Å². The van der Waals surface area contributed by atoms with Gasteiger partial charge in [0.2, 0.25) is 11.8 Å². The molecule has 3 heterocycles. The molecule has 2 N–H and O–H groups in total. The van der Waals surface area contributed by atoms with Crippen molar-refractivity contribution in [1.82, 2.24) is 20.5 Å². The molecule has 8 heteroatoms. The number of amides is 2. The quantitative estimate of drug-likeness (QED) is 0.727. The zero-order valence-corrected chi connectivity index (χ0v) is 14.3. The zero-order valence-electron chi connectivity index (χ0n) is 14.3. The smallest absolute Gasteiger partial charge is 0.250 e. The molecule has 136 valence electrons. The summed E-state index contributed by atoms with van der Waals surface area (Å²) in [4.78, 5) is 32.6. The molecule has 0 aliphatic carbocycles. The lowest BCUT2D eigenvalue weighted by Crippen LogP contribution is -2.50. The fourth-order valence-corrected chi connectivity index (χ4v) is 3.02. The van der Waals surface area contributed by atoms with Crippen LogP contribution in [0.25, 0.3) is 0 Å². The number of piperazine rings is 1. The molecule has 8 nitrogen and oxygen atoms in total. The molecule has 1 unspecified atom stereocenters. The van der Waals surface area contributed by atoms with Gasteiger partial charge in [-0.05, 0) is 12.1 Å². The van der Waals surface area contributed by atoms with Crippen molar-refractivity contribution in [2.24, 2.45) is 0 Å². The summed E-state index contributed by atoms with van der Waals surface area (Å²) in [5.41, 5.74) is 0. The summed E-state index contributed by atoms with van der Waals surface area (Å²) in [7, 11) is 0. The number of morpholine rings is 1. The third-order valence-corrected chi connectivity index (χ3v) is 4.46. The number of anilines is 1. The highest BCUT2D eigenvalue weighted by atomic mass is 16.5. The Labute approximate surface area is 147 Å². The van der Waals surface area contributed by atoms with Crippen molar-refractivity contribution in [3.63, 3.8) is 0 Å². The van der Waals surface area contributed by atoms with Crippen molar-refractivity contribution in [2.45, 2.75) is 12.5 Å². The predicted molar refractivity (Wildman–Crippen MR) is 93.3 cm³/mol. The highest BCUT2D eigenvalue weighted by Gasteiger charge is 2.23. The molecule has 2 fully saturated rings. The first-order valence-corrected chi connectivity index (χ1v) is 8.78. The Hall–Kier alpha value is -2.19. The Morgan fingerprint density at radius 1 is 1.28 bits per heavy atom. The number of ether oxygens (including phenoxy) is 1. The van der Waals surface area contributed by atoms with E-state index in [9.17, 15) is 9.59 Å². The zero-order chi connectivity index (χ0) is 17.5. The molecule has 25 heavy (non-hydrogen) atoms. The van der Waals surface area contributed by atoms with Crippen LogP contribution in [0.1, 0.15) is 6.42 Å². The molecule has 0 bridgehead atoms. The SMILES string of the molecule is O=C(NCCC(=O)N1CCN(c2ccccn2)CC1)C1CNCCO1. The lowest BCUT2D eigenvalue weighted by Gasteiger charge is -2.35. The normalized spacial score (nSPS) is 21.0. The van der Waals surface area contributed by atoms with Crippen LogP contribution in [-0.4, -0.2) is 80.2 Å². The van der Waals surface area contributed by atoms with Crippen molar-refractivity contribution in [1.29, 1.82) is 0 Å². The number of carbonyl (C=O) groups excluding carboxylic acids is 2. The standard InChI is InChI=1S/C17H25N5O3/c23-16(4-6-20-17(24)14-13-18-7-12-25-14)22-10-8-21(9-11-22)15-3-1-2-5-19-15/h1-3,5,14,18H,4,6-13H2,(H,20,24). The number of carbonyl (C=O) groups is 2. The van der Waals surface area contributed by atoms with E-state index in [0.29, 0.717) is 39.2 Å². The van der Waals surface area contributed by atoms with Gasteiger partial charge in [0, 0.05) is 58.4 Å². The van der Waals surface area contributed by atoms with Crippen LogP contribution >= 0.6 is 0 Å². The van der Waals surface area contributed by atoms with Crippen LogP contribution in [0, 0.1) is 0 Å². The maximum atomic E-state index is 12.3. The van der Waals surface area contributed by atoms with Crippen LogP contribution in [0.4, 0.5) is 5.82 Å². The Bertz CT molecular complexity index is 569. The number of hydrogen-bond acceptors (Lipinski definition) is 6. The average molecular weight is 347 g/mol. The first-order valence-electron chi connectivity index (χ1n) is 8.78. The highest BCUT2D eigenvalue weighted by Crippen LogP contribution is 2.12. The van der Waals surface area contributed by atoms with Gasteiger partial charge in [-0.15, -0.1) is 0 Å². The van der Waals surface area contributed by atoms with Gasteiger partial charge in [0.1, 0.15) is 11.9 Å². The third kappa shape index (κ3) is 4.90. The third-order valence-electron chi connectivity index (χ3n) is 4.46. The van der Waals surface area contributed by atoms with Crippen LogP contribution in [0.15, 0.2) is 24.4 Å². The number of pyridine rings is 1. The van der Waals surface area contributed by atoms with Gasteiger partial charge in [-0.1, -0.05) is 6.07 Å². The highest BCUT2D eigenvalue weighted by molar-refractivity contribution is 5.82. The van der Waals surface area contributed by atoms with Gasteiger partial charge in [0.25, 0.3) is 0 Å². The Balaban J connectivity index is 1.36. The molecule has 0 spiro atoms. The lowest BCUT2D eigenvalue weighted by atomic mass is 10.2. The monoisotopic (exact) mass is 347 g/mol. The first kappa shape index (κ1) is 17.6. The van der Waals surface area contributed by atoms with Crippen molar-refractivity contribution < 1.29 is 14.3 Å². The summed E-state index contributed by atoms with van der Waals surface area (Å²) in [6.45, 7) is 5.09. The molecule has 0 aromatic carbocycles. The molecule has 1 atom stereocenters. The van der Waals surface area contributed by atoms with E-state index in [1.54, 1.807) is 6.20 Å². The molecule has 2 aliphatic rings. The summed E-state index contributed by atoms with van der Waals surface area (Å²) in [6.07, 6.45) is 1.64. The molecule has 1 aromatic rings. The lowest BCUT2D eigenvalue weighted by molar-refractivity contribution is -0.134. The summed E-state index contributed by atoms with van der Waals surface area (Å²) in [6, 6.07) is 5.84. The minimum Gasteiger partial charge on any atom is -0.366 e. The topological polar surface area (TPSA) is 86.8 Å². The molecular formula is C17H25N5O3. The second-order valence-electron chi connectivity index (χ2n) is 6.16. The molecule has 3 rings (SSSR count). The summed E-state index contributed by atoms with van der Waals surface area (Å²) >= 11 is 0. The van der Waals surface area contributed by atoms with Gasteiger partial charge >= 0.3 is 0 Å². The Kier molecular flexibility index (Phi) is 6.19. The van der Waals surface area contributed by atoms with Gasteiger partial charge in [-0.2, -0.15) is 0 Å². The number of nitrogens with zero attached hydrogens (tertiary/aromatic N) is 3. The minimum absolute atomic E-state index is 0.0728. The van der Waals surface area contributed by atoms with E-state index in [0.717, 1.165) is 25.5 Å². The van der Waals surface area contributed by atoms with Crippen molar-refractivity contribution in [2.75, 3.05) is 57.3 Å². The van der Waals surface area contributed by atoms with E-state index in [2.05, 4.69) is 20.5 Å². The van der Waals surface area contributed by atoms with Crippen LogP contribution in [0.2, 0.25) is 0 Å². The van der Waals surface area contributed by atoms with Crippen molar-refractivity contribution >= 4 is 17.6 Å². The van der Waals surface area contributed by atoms with Crippen LogP contribution in [0.5, 0.6) is 0 Å². The number of rotatable bonds is 5.